The molecule has 18 heavy (non-hydrogen) atoms. The van der Waals surface area contributed by atoms with Crippen molar-refractivity contribution in [3.63, 3.8) is 0 Å². The van der Waals surface area contributed by atoms with Crippen molar-refractivity contribution in [3.05, 3.63) is 0 Å². The summed E-state index contributed by atoms with van der Waals surface area (Å²) in [5.74, 6) is 0.670. The molecule has 1 aliphatic rings. The van der Waals surface area contributed by atoms with Crippen LogP contribution >= 0.6 is 12.4 Å². The Hall–Kier alpha value is -0.320. The van der Waals surface area contributed by atoms with Crippen LogP contribution in [0.5, 0.6) is 0 Å². The summed E-state index contributed by atoms with van der Waals surface area (Å²) in [7, 11) is 0. The maximum absolute atomic E-state index is 12.1. The first kappa shape index (κ1) is 17.7. The minimum Gasteiger partial charge on any atom is -0.350 e. The number of nitrogens with zero attached hydrogens (tertiary/aromatic N) is 1. The third kappa shape index (κ3) is 5.55. The van der Waals surface area contributed by atoms with E-state index in [4.69, 9.17) is 5.73 Å². The number of amides is 1. The van der Waals surface area contributed by atoms with E-state index in [9.17, 15) is 4.79 Å². The van der Waals surface area contributed by atoms with Crippen LogP contribution in [0.2, 0.25) is 0 Å². The summed E-state index contributed by atoms with van der Waals surface area (Å²) >= 11 is 0. The Labute approximate surface area is 117 Å². The monoisotopic (exact) mass is 277 g/mol. The average molecular weight is 278 g/mol. The van der Waals surface area contributed by atoms with Gasteiger partial charge >= 0.3 is 0 Å². The molecule has 5 heteroatoms. The van der Waals surface area contributed by atoms with Crippen molar-refractivity contribution in [2.24, 2.45) is 11.7 Å². The minimum atomic E-state index is -0.158. The molecule has 4 nitrogen and oxygen atoms in total. The van der Waals surface area contributed by atoms with Gasteiger partial charge in [-0.25, -0.2) is 0 Å². The van der Waals surface area contributed by atoms with Crippen LogP contribution in [0.25, 0.3) is 0 Å². The lowest BCUT2D eigenvalue weighted by atomic mass is 9.97. The molecule has 1 saturated heterocycles. The van der Waals surface area contributed by atoms with Crippen molar-refractivity contribution in [1.29, 1.82) is 0 Å². The van der Waals surface area contributed by atoms with Crippen LogP contribution in [-0.4, -0.2) is 42.0 Å². The van der Waals surface area contributed by atoms with E-state index in [0.29, 0.717) is 5.92 Å². The Morgan fingerprint density at radius 2 is 2.11 bits per heavy atom. The van der Waals surface area contributed by atoms with Crippen molar-refractivity contribution < 1.29 is 4.79 Å². The summed E-state index contributed by atoms with van der Waals surface area (Å²) in [5, 5.41) is 3.04. The first-order chi connectivity index (χ1) is 7.83. The normalized spacial score (nSPS) is 23.1. The van der Waals surface area contributed by atoms with Gasteiger partial charge in [-0.1, -0.05) is 0 Å². The topological polar surface area (TPSA) is 58.4 Å². The van der Waals surface area contributed by atoms with Crippen LogP contribution in [0.1, 0.15) is 40.5 Å². The van der Waals surface area contributed by atoms with Gasteiger partial charge in [0, 0.05) is 12.1 Å². The number of carbonyl (C=O) groups excluding carboxylic acids is 1. The van der Waals surface area contributed by atoms with Crippen molar-refractivity contribution in [2.45, 2.75) is 52.1 Å². The maximum Gasteiger partial charge on any atom is 0.237 e. The van der Waals surface area contributed by atoms with E-state index in [1.54, 1.807) is 0 Å². The van der Waals surface area contributed by atoms with Crippen LogP contribution in [0.4, 0.5) is 0 Å². The molecular formula is C13H28ClN3O. The number of halogens is 1. The standard InChI is InChI=1S/C13H27N3O.ClH/c1-10(12(17)15-13(2,3)4)16-7-5-6-11(8-14)9-16;/h10-11H,5-9,14H2,1-4H3,(H,15,17);1H. The highest BCUT2D eigenvalue weighted by Crippen LogP contribution is 2.17. The van der Waals surface area contributed by atoms with Gasteiger partial charge in [0.05, 0.1) is 6.04 Å². The van der Waals surface area contributed by atoms with Gasteiger partial charge in [0.25, 0.3) is 0 Å². The van der Waals surface area contributed by atoms with E-state index >= 15 is 0 Å². The summed E-state index contributed by atoms with van der Waals surface area (Å²) < 4.78 is 0. The predicted octanol–water partition coefficient (Wildman–Crippen LogP) is 1.38. The molecule has 0 aliphatic carbocycles. The van der Waals surface area contributed by atoms with Crippen molar-refractivity contribution in [1.82, 2.24) is 10.2 Å². The van der Waals surface area contributed by atoms with Crippen LogP contribution < -0.4 is 11.1 Å². The van der Waals surface area contributed by atoms with Gasteiger partial charge in [-0.15, -0.1) is 12.4 Å². The van der Waals surface area contributed by atoms with Gasteiger partial charge < -0.3 is 11.1 Å². The second-order valence-electron chi connectivity index (χ2n) is 6.15. The molecule has 0 aromatic heterocycles. The number of nitrogens with one attached hydrogen (secondary N) is 1. The molecule has 0 saturated carbocycles. The maximum atomic E-state index is 12.1. The molecule has 2 unspecified atom stereocenters. The highest BCUT2D eigenvalue weighted by atomic mass is 35.5. The molecule has 1 amide bonds. The Kier molecular flexibility index (Phi) is 7.18. The zero-order chi connectivity index (χ0) is 13.1. The highest BCUT2D eigenvalue weighted by molar-refractivity contribution is 5.85. The van der Waals surface area contributed by atoms with Crippen LogP contribution in [0.3, 0.4) is 0 Å². The lowest BCUT2D eigenvalue weighted by Gasteiger charge is -2.36. The molecule has 1 heterocycles. The Bertz CT molecular complexity index is 265. The Balaban J connectivity index is 0.00000289. The van der Waals surface area contributed by atoms with Gasteiger partial charge in [0.15, 0.2) is 0 Å². The minimum absolute atomic E-state index is 0. The first-order valence-electron chi connectivity index (χ1n) is 6.59. The van der Waals surface area contributed by atoms with Crippen molar-refractivity contribution in [2.75, 3.05) is 19.6 Å². The summed E-state index contributed by atoms with van der Waals surface area (Å²) in [4.78, 5) is 14.3. The number of piperidine rings is 1. The second-order valence-corrected chi connectivity index (χ2v) is 6.15. The van der Waals surface area contributed by atoms with Gasteiger partial charge in [-0.05, 0) is 59.5 Å². The molecule has 0 radical (unpaired) electrons. The summed E-state index contributed by atoms with van der Waals surface area (Å²) in [6, 6.07) is -0.0522. The van der Waals surface area contributed by atoms with Gasteiger partial charge in [0.2, 0.25) is 5.91 Å². The number of rotatable bonds is 3. The van der Waals surface area contributed by atoms with Crippen LogP contribution in [0, 0.1) is 5.92 Å². The van der Waals surface area contributed by atoms with E-state index in [0.717, 1.165) is 26.1 Å². The fourth-order valence-corrected chi connectivity index (χ4v) is 2.28. The zero-order valence-corrected chi connectivity index (χ0v) is 12.8. The predicted molar refractivity (Wildman–Crippen MR) is 78.0 cm³/mol. The second kappa shape index (κ2) is 7.31. The van der Waals surface area contributed by atoms with Gasteiger partial charge in [-0.3, -0.25) is 9.69 Å². The molecular weight excluding hydrogens is 250 g/mol. The van der Waals surface area contributed by atoms with Crippen LogP contribution in [0.15, 0.2) is 0 Å². The molecule has 0 aromatic carbocycles. The molecule has 3 N–H and O–H groups in total. The summed E-state index contributed by atoms with van der Waals surface area (Å²) in [6.07, 6.45) is 2.34. The quantitative estimate of drug-likeness (QED) is 0.819. The fourth-order valence-electron chi connectivity index (χ4n) is 2.28. The zero-order valence-electron chi connectivity index (χ0n) is 12.0. The number of likely N-dealkylation sites (tertiary alicyclic amines) is 1. The lowest BCUT2D eigenvalue weighted by Crippen LogP contribution is -2.53. The summed E-state index contributed by atoms with van der Waals surface area (Å²) in [5.41, 5.74) is 5.56. The number of carbonyl (C=O) groups is 1. The molecule has 0 bridgehead atoms. The fraction of sp³-hybridized carbons (Fsp3) is 0.923. The van der Waals surface area contributed by atoms with Crippen molar-refractivity contribution >= 4 is 18.3 Å². The third-order valence-corrected chi connectivity index (χ3v) is 3.31. The molecule has 1 fully saturated rings. The molecule has 2 atom stereocenters. The van der Waals surface area contributed by atoms with Crippen LogP contribution in [-0.2, 0) is 4.79 Å². The van der Waals surface area contributed by atoms with E-state index in [2.05, 4.69) is 10.2 Å². The Morgan fingerprint density at radius 1 is 1.50 bits per heavy atom. The number of nitrogens with two attached hydrogens (primary N) is 1. The molecule has 0 spiro atoms. The lowest BCUT2D eigenvalue weighted by molar-refractivity contribution is -0.128. The summed E-state index contributed by atoms with van der Waals surface area (Å²) in [6.45, 7) is 10.7. The smallest absolute Gasteiger partial charge is 0.237 e. The molecule has 0 aromatic rings. The third-order valence-electron chi connectivity index (χ3n) is 3.31. The SMILES string of the molecule is CC(C(=O)NC(C)(C)C)N1CCCC(CN)C1.Cl. The molecule has 108 valence electrons. The largest absolute Gasteiger partial charge is 0.350 e. The van der Waals surface area contributed by atoms with Crippen molar-refractivity contribution in [3.8, 4) is 0 Å². The first-order valence-corrected chi connectivity index (χ1v) is 6.59. The van der Waals surface area contributed by atoms with E-state index in [-0.39, 0.29) is 29.9 Å². The average Bonchev–Trinajstić information content (AvgIpc) is 2.26. The highest BCUT2D eigenvalue weighted by Gasteiger charge is 2.28. The van der Waals surface area contributed by atoms with Gasteiger partial charge in [-0.2, -0.15) is 0 Å². The Morgan fingerprint density at radius 3 is 2.61 bits per heavy atom. The number of hydrogen-bond acceptors (Lipinski definition) is 3. The van der Waals surface area contributed by atoms with E-state index in [1.165, 1.54) is 6.42 Å². The van der Waals surface area contributed by atoms with E-state index < -0.39 is 0 Å². The molecule has 1 rings (SSSR count). The van der Waals surface area contributed by atoms with Gasteiger partial charge in [0.1, 0.15) is 0 Å². The molecule has 1 aliphatic heterocycles. The van der Waals surface area contributed by atoms with E-state index in [1.807, 2.05) is 27.7 Å². The number of hydrogen-bond donors (Lipinski definition) is 2.